The summed E-state index contributed by atoms with van der Waals surface area (Å²) >= 11 is 0. The maximum absolute atomic E-state index is 7.80. The van der Waals surface area contributed by atoms with Gasteiger partial charge in [-0.15, -0.1) is 0 Å². The summed E-state index contributed by atoms with van der Waals surface area (Å²) in [7, 11) is 2.08. The molecule has 6 rings (SSSR count). The van der Waals surface area contributed by atoms with Crippen LogP contribution in [0.4, 0.5) is 0 Å². The molecule has 4 nitrogen and oxygen atoms in total. The lowest BCUT2D eigenvalue weighted by molar-refractivity contribution is -0.646. The first-order chi connectivity index (χ1) is 15.7. The minimum absolute atomic E-state index is 0.422. The number of rotatable bonds is 2. The summed E-state index contributed by atoms with van der Waals surface area (Å²) in [5.41, 5.74) is 8.75. The van der Waals surface area contributed by atoms with Crippen LogP contribution in [0.2, 0.25) is 0 Å². The van der Waals surface area contributed by atoms with Gasteiger partial charge in [0.15, 0.2) is 5.52 Å². The molecule has 4 heteroatoms. The molecule has 0 saturated carbocycles. The van der Waals surface area contributed by atoms with Crippen molar-refractivity contribution in [3.05, 3.63) is 76.9 Å². The zero-order chi connectivity index (χ0) is 23.2. The van der Waals surface area contributed by atoms with Crippen LogP contribution in [0.3, 0.4) is 0 Å². The van der Waals surface area contributed by atoms with E-state index in [-0.39, 0.29) is 0 Å². The standard InChI is InChI=1S/C29H27N4/c1-16(2)19-9-8-10-22-25(19)20-12-11-17(3)24-27(20)33(22)23-14-18(29(4,5)30-6)13-21-26(23)28(24)32(7)15-31-21/h8-16H,1-5,7H3/q+1. The predicted molar refractivity (Wildman–Crippen MR) is 136 cm³/mol. The second kappa shape index (κ2) is 6.42. The van der Waals surface area contributed by atoms with E-state index in [1.165, 1.54) is 43.8 Å². The highest BCUT2D eigenvalue weighted by molar-refractivity contribution is 6.26. The molecule has 0 atom stereocenters. The molecule has 33 heavy (non-hydrogen) atoms. The minimum Gasteiger partial charge on any atom is -0.308 e. The van der Waals surface area contributed by atoms with Gasteiger partial charge in [0, 0.05) is 41.6 Å². The number of hydrogen-bond acceptors (Lipinski definition) is 1. The molecule has 0 saturated heterocycles. The van der Waals surface area contributed by atoms with Crippen LogP contribution in [0.15, 0.2) is 48.8 Å². The number of aromatic nitrogens is 3. The number of fused-ring (bicyclic) bond motifs is 5. The Morgan fingerprint density at radius 1 is 1.03 bits per heavy atom. The molecule has 162 valence electrons. The van der Waals surface area contributed by atoms with E-state index >= 15 is 0 Å². The highest BCUT2D eigenvalue weighted by atomic mass is 15.0. The van der Waals surface area contributed by atoms with E-state index in [2.05, 4.69) is 84.1 Å². The Kier molecular flexibility index (Phi) is 3.88. The molecule has 0 N–H and O–H groups in total. The summed E-state index contributed by atoms with van der Waals surface area (Å²) in [6, 6.07) is 15.5. The topological polar surface area (TPSA) is 25.5 Å². The molecule has 0 aliphatic heterocycles. The molecule has 0 aliphatic rings. The van der Waals surface area contributed by atoms with Gasteiger partial charge in [-0.25, -0.2) is 11.1 Å². The highest BCUT2D eigenvalue weighted by Crippen LogP contribution is 2.43. The molecule has 3 heterocycles. The predicted octanol–water partition coefficient (Wildman–Crippen LogP) is 6.80. The normalized spacial score (nSPS) is 12.8. The molecule has 0 bridgehead atoms. The third-order valence-electron chi connectivity index (χ3n) is 7.34. The lowest BCUT2D eigenvalue weighted by Crippen LogP contribution is -2.30. The summed E-state index contributed by atoms with van der Waals surface area (Å²) in [6.45, 7) is 18.5. The Labute approximate surface area is 193 Å². The van der Waals surface area contributed by atoms with Gasteiger partial charge in [-0.3, -0.25) is 0 Å². The fraction of sp³-hybridized carbons (Fsp3) is 0.276. The number of pyridine rings is 1. The van der Waals surface area contributed by atoms with Crippen LogP contribution in [-0.4, -0.2) is 9.38 Å². The zero-order valence-corrected chi connectivity index (χ0v) is 20.0. The minimum atomic E-state index is -0.622. The van der Waals surface area contributed by atoms with Gasteiger partial charge in [-0.2, -0.15) is 0 Å². The van der Waals surface area contributed by atoms with Crippen molar-refractivity contribution in [3.63, 3.8) is 0 Å². The smallest absolute Gasteiger partial charge is 0.287 e. The Morgan fingerprint density at radius 2 is 1.82 bits per heavy atom. The summed E-state index contributed by atoms with van der Waals surface area (Å²) in [5.74, 6) is 0.422. The Morgan fingerprint density at radius 3 is 2.55 bits per heavy atom. The Hall–Kier alpha value is -3.71. The maximum atomic E-state index is 7.80. The summed E-state index contributed by atoms with van der Waals surface area (Å²) in [6.07, 6.45) is 1.91. The molecule has 0 fully saturated rings. The van der Waals surface area contributed by atoms with Crippen molar-refractivity contribution < 1.29 is 4.57 Å². The number of benzene rings is 3. The molecule has 0 unspecified atom stereocenters. The average Bonchev–Trinajstić information content (AvgIpc) is 3.14. The molecular weight excluding hydrogens is 404 g/mol. The third-order valence-corrected chi connectivity index (χ3v) is 7.34. The Balaban J connectivity index is 2.04. The quantitative estimate of drug-likeness (QED) is 0.128. The van der Waals surface area contributed by atoms with E-state index in [0.717, 1.165) is 22.0 Å². The van der Waals surface area contributed by atoms with Crippen LogP contribution < -0.4 is 4.57 Å². The molecule has 0 radical (unpaired) electrons. The van der Waals surface area contributed by atoms with Crippen LogP contribution in [0.25, 0.3) is 54.0 Å². The van der Waals surface area contributed by atoms with Crippen molar-refractivity contribution >= 4 is 49.1 Å². The molecule has 0 amide bonds. The van der Waals surface area contributed by atoms with Crippen LogP contribution in [-0.2, 0) is 12.6 Å². The van der Waals surface area contributed by atoms with E-state index in [0.29, 0.717) is 5.92 Å². The van der Waals surface area contributed by atoms with Crippen LogP contribution in [0.1, 0.15) is 50.3 Å². The van der Waals surface area contributed by atoms with Gasteiger partial charge < -0.3 is 9.25 Å². The lowest BCUT2D eigenvalue weighted by atomic mass is 9.92. The van der Waals surface area contributed by atoms with E-state index < -0.39 is 5.54 Å². The summed E-state index contributed by atoms with van der Waals surface area (Å²) < 4.78 is 4.58. The van der Waals surface area contributed by atoms with Crippen molar-refractivity contribution in [3.8, 4) is 0 Å². The molecular formula is C29H27N4+. The monoisotopic (exact) mass is 431 g/mol. The van der Waals surface area contributed by atoms with Gasteiger partial charge >= 0.3 is 0 Å². The third kappa shape index (κ3) is 2.45. The van der Waals surface area contributed by atoms with E-state index in [1.807, 2.05) is 20.2 Å². The first kappa shape index (κ1) is 19.9. The first-order valence-electron chi connectivity index (χ1n) is 11.5. The van der Waals surface area contributed by atoms with Crippen molar-refractivity contribution in [1.29, 1.82) is 0 Å². The van der Waals surface area contributed by atoms with Crippen molar-refractivity contribution in [2.24, 2.45) is 7.05 Å². The largest absolute Gasteiger partial charge is 0.308 e. The second-order valence-electron chi connectivity index (χ2n) is 10.1. The molecule has 0 spiro atoms. The van der Waals surface area contributed by atoms with Crippen LogP contribution in [0, 0.1) is 13.5 Å². The van der Waals surface area contributed by atoms with Crippen molar-refractivity contribution in [2.45, 2.75) is 46.1 Å². The van der Waals surface area contributed by atoms with Gasteiger partial charge in [0.2, 0.25) is 0 Å². The second-order valence-corrected chi connectivity index (χ2v) is 10.1. The maximum Gasteiger partial charge on any atom is 0.287 e. The first-order valence-corrected chi connectivity index (χ1v) is 11.5. The summed E-state index contributed by atoms with van der Waals surface area (Å²) in [5, 5.41) is 5.05. The number of aryl methyl sites for hydroxylation is 2. The van der Waals surface area contributed by atoms with Gasteiger partial charge in [0.1, 0.15) is 5.52 Å². The highest BCUT2D eigenvalue weighted by Gasteiger charge is 2.31. The van der Waals surface area contributed by atoms with Gasteiger partial charge in [0.25, 0.3) is 11.9 Å². The fourth-order valence-corrected chi connectivity index (χ4v) is 5.55. The van der Waals surface area contributed by atoms with Crippen LogP contribution >= 0.6 is 0 Å². The van der Waals surface area contributed by atoms with Crippen molar-refractivity contribution in [1.82, 2.24) is 9.38 Å². The van der Waals surface area contributed by atoms with Crippen molar-refractivity contribution in [2.75, 3.05) is 0 Å². The van der Waals surface area contributed by atoms with Gasteiger partial charge in [0.05, 0.1) is 29.0 Å². The molecule has 6 aromatic rings. The van der Waals surface area contributed by atoms with Crippen LogP contribution in [0.5, 0.6) is 0 Å². The summed E-state index contributed by atoms with van der Waals surface area (Å²) in [4.78, 5) is 8.75. The fourth-order valence-electron chi connectivity index (χ4n) is 5.55. The molecule has 3 aromatic carbocycles. The van der Waals surface area contributed by atoms with Gasteiger partial charge in [-0.1, -0.05) is 38.1 Å². The number of hydrogen-bond donors (Lipinski definition) is 0. The SMILES string of the molecule is [C-]#[N+]C(C)(C)c1cc2nc[n+](C)c3c4c(C)ccc5c6c(C(C)C)cccc6n(c(c1)c23)c54. The van der Waals surface area contributed by atoms with E-state index in [1.54, 1.807) is 0 Å². The lowest BCUT2D eigenvalue weighted by Gasteiger charge is -2.16. The van der Waals surface area contributed by atoms with E-state index in [9.17, 15) is 0 Å². The number of nitrogens with zero attached hydrogens (tertiary/aromatic N) is 4. The van der Waals surface area contributed by atoms with Gasteiger partial charge in [-0.05, 0) is 41.1 Å². The molecule has 3 aromatic heterocycles. The molecule has 0 aliphatic carbocycles. The van der Waals surface area contributed by atoms with E-state index in [4.69, 9.17) is 11.6 Å². The zero-order valence-electron chi connectivity index (χ0n) is 20.0. The Bertz CT molecular complexity index is 1790. The average molecular weight is 432 g/mol.